The predicted molar refractivity (Wildman–Crippen MR) is 172 cm³/mol. The van der Waals surface area contributed by atoms with Crippen molar-refractivity contribution in [2.45, 2.75) is 115 Å². The lowest BCUT2D eigenvalue weighted by Crippen LogP contribution is -2.53. The summed E-state index contributed by atoms with van der Waals surface area (Å²) in [6.45, 7) is 20.0. The van der Waals surface area contributed by atoms with Gasteiger partial charge in [-0.05, 0) is 60.0 Å². The van der Waals surface area contributed by atoms with E-state index in [1.54, 1.807) is 24.5 Å². The van der Waals surface area contributed by atoms with Gasteiger partial charge >= 0.3 is 19.4 Å². The second kappa shape index (κ2) is 12.6. The summed E-state index contributed by atoms with van der Waals surface area (Å²) in [5.74, 6) is -3.75. The first kappa shape index (κ1) is 36.0. The Labute approximate surface area is 266 Å². The Hall–Kier alpha value is -1.85. The van der Waals surface area contributed by atoms with E-state index in [0.717, 1.165) is 16.3 Å². The van der Waals surface area contributed by atoms with Crippen molar-refractivity contribution in [1.29, 1.82) is 0 Å². The maximum absolute atomic E-state index is 16.3. The van der Waals surface area contributed by atoms with E-state index in [0.29, 0.717) is 6.42 Å². The normalized spacial score (nSPS) is 27.8. The van der Waals surface area contributed by atoms with Crippen LogP contribution in [0.2, 0.25) is 36.3 Å². The Morgan fingerprint density at radius 3 is 2.27 bits per heavy atom. The number of alkyl halides is 2. The van der Waals surface area contributed by atoms with Crippen molar-refractivity contribution < 1.29 is 36.0 Å². The Kier molecular flexibility index (Phi) is 10.1. The van der Waals surface area contributed by atoms with Crippen LogP contribution in [-0.2, 0) is 27.2 Å². The van der Waals surface area contributed by atoms with Gasteiger partial charge in [0.05, 0.1) is 19.3 Å². The third-order valence-corrected chi connectivity index (χ3v) is 19.8. The van der Waals surface area contributed by atoms with E-state index in [1.807, 2.05) is 47.0 Å². The molecule has 1 N–H and O–H groups in total. The average molecular weight is 689 g/mol. The van der Waals surface area contributed by atoms with Crippen LogP contribution in [-0.4, -0.2) is 62.5 Å². The minimum Gasteiger partial charge on any atom is -0.414 e. The summed E-state index contributed by atoms with van der Waals surface area (Å²) >= 11 is 0. The number of aromatic nitrogens is 3. The lowest BCUT2D eigenvalue weighted by Gasteiger charge is -2.41. The van der Waals surface area contributed by atoms with Crippen molar-refractivity contribution in [1.82, 2.24) is 14.5 Å². The Morgan fingerprint density at radius 1 is 1.07 bits per heavy atom. The number of nitrogens with one attached hydrogen (secondary N) is 1. The third kappa shape index (κ3) is 7.83. The van der Waals surface area contributed by atoms with E-state index in [1.165, 1.54) is 6.07 Å². The summed E-state index contributed by atoms with van der Waals surface area (Å²) < 4.78 is 76.4. The minimum atomic E-state index is -3.93. The summed E-state index contributed by atoms with van der Waals surface area (Å²) in [5.41, 5.74) is -0.267. The van der Waals surface area contributed by atoms with Gasteiger partial charge in [-0.15, -0.1) is 0 Å². The van der Waals surface area contributed by atoms with Crippen LogP contribution in [0.15, 0.2) is 41.6 Å². The molecule has 45 heavy (non-hydrogen) atoms. The van der Waals surface area contributed by atoms with E-state index in [2.05, 4.69) is 35.8 Å². The number of anilines is 1. The van der Waals surface area contributed by atoms with Gasteiger partial charge < -0.3 is 13.6 Å². The van der Waals surface area contributed by atoms with E-state index in [9.17, 15) is 9.36 Å². The molecule has 4 heterocycles. The molecule has 0 amide bonds. The molecule has 2 fully saturated rings. The highest BCUT2D eigenvalue weighted by Gasteiger charge is 2.63. The maximum Gasteiger partial charge on any atom is 0.434 e. The standard InChI is InChI=1S/C29H47F2N4O7PSi2/c1-27(2,3)44(7,8)39-19-22-24(42-45(9,10)28(4,5)6)29(30,31)25(40-22)35-17-13-23(33-26(35)36)34-43(37)38-18-14-21(41-43)20-11-15-32-16-12-20/h11-13,15-17,21-22,24-25H,14,18-19H2,1-10H3,(H,33,34,36,37)/t21?,22-,24+,25-,43?/m1/s1. The average Bonchev–Trinajstić information content (AvgIpc) is 3.15. The zero-order valence-electron chi connectivity index (χ0n) is 27.8. The summed E-state index contributed by atoms with van der Waals surface area (Å²) in [6, 6.07) is 4.74. The zero-order valence-corrected chi connectivity index (χ0v) is 30.7. The lowest BCUT2D eigenvalue weighted by molar-refractivity contribution is -0.138. The Balaban J connectivity index is 1.59. The number of rotatable bonds is 9. The number of halogens is 2. The lowest BCUT2D eigenvalue weighted by atomic mass is 10.1. The third-order valence-electron chi connectivity index (χ3n) is 9.31. The molecule has 0 spiro atoms. The smallest absolute Gasteiger partial charge is 0.414 e. The highest BCUT2D eigenvalue weighted by Crippen LogP contribution is 2.55. The molecule has 0 bridgehead atoms. The van der Waals surface area contributed by atoms with Crippen molar-refractivity contribution in [3.63, 3.8) is 0 Å². The molecule has 2 saturated heterocycles. The fourth-order valence-corrected chi connectivity index (χ4v) is 8.24. The first-order valence-electron chi connectivity index (χ1n) is 15.1. The van der Waals surface area contributed by atoms with Gasteiger partial charge in [0.2, 0.25) is 6.23 Å². The number of hydrogen-bond acceptors (Lipinski definition) is 9. The van der Waals surface area contributed by atoms with Crippen molar-refractivity contribution in [2.75, 3.05) is 18.3 Å². The van der Waals surface area contributed by atoms with Crippen molar-refractivity contribution in [2.24, 2.45) is 0 Å². The quantitative estimate of drug-likeness (QED) is 0.212. The molecule has 16 heteroatoms. The molecule has 0 aromatic carbocycles. The molecule has 0 aliphatic carbocycles. The first-order valence-corrected chi connectivity index (χ1v) is 22.5. The largest absolute Gasteiger partial charge is 0.434 e. The van der Waals surface area contributed by atoms with Crippen LogP contribution in [0.4, 0.5) is 14.6 Å². The molecule has 2 aliphatic rings. The van der Waals surface area contributed by atoms with Crippen molar-refractivity contribution >= 4 is 30.2 Å². The highest BCUT2D eigenvalue weighted by atomic mass is 31.2. The molecule has 11 nitrogen and oxygen atoms in total. The van der Waals surface area contributed by atoms with Crippen LogP contribution in [0, 0.1) is 0 Å². The second-order valence-corrected chi connectivity index (χ2v) is 25.9. The molecule has 2 aromatic rings. The maximum atomic E-state index is 16.3. The monoisotopic (exact) mass is 688 g/mol. The fraction of sp³-hybridized carbons (Fsp3) is 0.690. The van der Waals surface area contributed by atoms with Crippen LogP contribution < -0.4 is 10.8 Å². The van der Waals surface area contributed by atoms with Crippen LogP contribution in [0.1, 0.15) is 65.9 Å². The van der Waals surface area contributed by atoms with Gasteiger partial charge in [-0.1, -0.05) is 41.5 Å². The van der Waals surface area contributed by atoms with Crippen molar-refractivity contribution in [3.05, 3.63) is 52.8 Å². The second-order valence-electron chi connectivity index (χ2n) is 14.7. The summed E-state index contributed by atoms with van der Waals surface area (Å²) in [5, 5.41) is 2.05. The van der Waals surface area contributed by atoms with E-state index in [4.69, 9.17) is 22.6 Å². The molecule has 2 unspecified atom stereocenters. The molecule has 2 aromatic heterocycles. The van der Waals surface area contributed by atoms with E-state index in [-0.39, 0.29) is 29.1 Å². The molecular weight excluding hydrogens is 641 g/mol. The van der Waals surface area contributed by atoms with E-state index < -0.39 is 60.5 Å². The molecule has 4 rings (SSSR count). The predicted octanol–water partition coefficient (Wildman–Crippen LogP) is 7.28. The summed E-state index contributed by atoms with van der Waals surface area (Å²) in [4.78, 5) is 21.1. The summed E-state index contributed by atoms with van der Waals surface area (Å²) in [6.07, 6.45) is -0.533. The molecule has 0 saturated carbocycles. The molecule has 5 atom stereocenters. The van der Waals surface area contributed by atoms with Gasteiger partial charge in [-0.2, -0.15) is 13.8 Å². The molecular formula is C29H47F2N4O7PSi2. The van der Waals surface area contributed by atoms with Crippen LogP contribution in [0.3, 0.4) is 0 Å². The number of hydrogen-bond donors (Lipinski definition) is 1. The molecule has 252 valence electrons. The van der Waals surface area contributed by atoms with Gasteiger partial charge in [-0.25, -0.2) is 9.36 Å². The zero-order chi connectivity index (χ0) is 33.6. The highest BCUT2D eigenvalue weighted by molar-refractivity contribution is 7.55. The van der Waals surface area contributed by atoms with Crippen LogP contribution in [0.25, 0.3) is 0 Å². The molecule has 0 radical (unpaired) electrons. The van der Waals surface area contributed by atoms with Crippen molar-refractivity contribution in [3.8, 4) is 0 Å². The fourth-order valence-electron chi connectivity index (χ4n) is 4.44. The SMILES string of the molecule is CC(C)(C)[Si](C)(C)OC[C@H]1O[C@@H](n2ccc(NP3(=O)OCCC(c4ccncc4)O3)nc2=O)C(F)(F)[C@H]1O[Si](C)(C)C(C)(C)C. The Bertz CT molecular complexity index is 1450. The van der Waals surface area contributed by atoms with Gasteiger partial charge in [0, 0.05) is 25.0 Å². The topological polar surface area (TPSA) is 123 Å². The van der Waals surface area contributed by atoms with Crippen LogP contribution in [0.5, 0.6) is 0 Å². The van der Waals surface area contributed by atoms with Gasteiger partial charge in [0.1, 0.15) is 18.0 Å². The minimum absolute atomic E-state index is 0.111. The van der Waals surface area contributed by atoms with Crippen LogP contribution >= 0.6 is 7.75 Å². The summed E-state index contributed by atoms with van der Waals surface area (Å²) in [7, 11) is -8.97. The van der Waals surface area contributed by atoms with E-state index >= 15 is 8.78 Å². The first-order chi connectivity index (χ1) is 20.6. The number of nitrogens with zero attached hydrogens (tertiary/aromatic N) is 3. The number of ether oxygens (including phenoxy) is 1. The van der Waals surface area contributed by atoms with Gasteiger partial charge in [0.25, 0.3) is 0 Å². The molecule has 2 aliphatic heterocycles. The Morgan fingerprint density at radius 2 is 1.69 bits per heavy atom. The van der Waals surface area contributed by atoms with Gasteiger partial charge in [0.15, 0.2) is 16.6 Å². The number of pyridine rings is 1. The van der Waals surface area contributed by atoms with Gasteiger partial charge in [-0.3, -0.25) is 23.7 Å².